The van der Waals surface area contributed by atoms with Crippen LogP contribution in [-0.2, 0) is 91.2 Å². The Hall–Kier alpha value is -11.9. The molecule has 3 heterocycles. The van der Waals surface area contributed by atoms with Gasteiger partial charge in [0, 0.05) is 64.1 Å². The average molecular weight is 1530 g/mol. The highest BCUT2D eigenvalue weighted by Crippen LogP contribution is 2.23. The first-order valence-electron chi connectivity index (χ1n) is 35.6. The minimum absolute atomic E-state index is 0.0328. The van der Waals surface area contributed by atoms with Gasteiger partial charge in [0.1, 0.15) is 66.5 Å². The number of carbonyl (C=O) groups excluding carboxylic acids is 14. The van der Waals surface area contributed by atoms with Crippen LogP contribution in [0.2, 0.25) is 0 Å². The van der Waals surface area contributed by atoms with Crippen molar-refractivity contribution in [1.82, 2.24) is 78.8 Å². The highest BCUT2D eigenvalue weighted by molar-refractivity contribution is 6.01. The Morgan fingerprint density at radius 1 is 0.418 bits per heavy atom. The van der Waals surface area contributed by atoms with Crippen molar-refractivity contribution in [2.75, 3.05) is 19.7 Å². The molecular formula is C72H99N19O19. The molecule has 0 aliphatic heterocycles. The third-order valence-electron chi connectivity index (χ3n) is 17.8. The number of nitrogens with one attached hydrogen (secondary N) is 15. The number of aromatic amines is 3. The van der Waals surface area contributed by atoms with Crippen LogP contribution in [-0.4, -0.2) is 228 Å². The van der Waals surface area contributed by atoms with E-state index < -0.39 is 199 Å². The van der Waals surface area contributed by atoms with E-state index in [2.05, 4.69) is 78.8 Å². The van der Waals surface area contributed by atoms with Crippen molar-refractivity contribution in [2.24, 2.45) is 28.9 Å². The number of aliphatic hydroxyl groups is 3. The number of H-pyrrole nitrogens is 3. The number of aliphatic carboxylic acids is 1. The third-order valence-corrected chi connectivity index (χ3v) is 17.8. The van der Waals surface area contributed by atoms with Crippen LogP contribution < -0.4 is 86.7 Å². The second-order valence-electron chi connectivity index (χ2n) is 27.2. The van der Waals surface area contributed by atoms with Crippen LogP contribution >= 0.6 is 0 Å². The standard InChI is InChI=1S/C72H99N19O19/c1-34(2)23-54(72(109)110)88-61(98)36(4)82-66(103)50(25-40-30-78-47-19-11-8-16-43(40)47)86-70(107)59(37(5)93)90-62(99)35(3)81-58(97)32-80-64(101)52(27-56(75)95)84-69(106)55(33-92)89-68(105)53(28-57(76)96)85-65(102)49(21-13-14-22-73)83-67(104)51(26-41-31-79-48-20-12-9-17-44(41)48)87-71(108)60(38(6)94)91-63(100)45(74)24-39-29-77-46-18-10-7-15-42(39)46/h7-12,15-20,29-31,34-38,45,49-55,59-60,77-79,92-94H,13-14,21-28,32-33,73-74H2,1-6H3,(H2,75,95)(H2,76,96)(H,80,101)(H,81,97)(H,82,103)(H,83,104)(H,84,106)(H,85,102)(H,86,107)(H,87,108)(H,88,98)(H,89,105)(H,90,99)(H,91,100)(H,109,110)/t35-,36-,37+,38-,45+,49+,50-,51+,52-,53-,54-,55-,59-,60+/m1/s1. The van der Waals surface area contributed by atoms with Crippen molar-refractivity contribution in [3.8, 4) is 0 Å². The van der Waals surface area contributed by atoms with Crippen molar-refractivity contribution in [2.45, 2.75) is 184 Å². The van der Waals surface area contributed by atoms with E-state index in [-0.39, 0.29) is 51.0 Å². The number of fused-ring (bicyclic) bond motifs is 3. The maximum absolute atomic E-state index is 14.7. The molecule has 3 aromatic heterocycles. The van der Waals surface area contributed by atoms with Gasteiger partial charge in [0.05, 0.1) is 44.2 Å². The zero-order valence-corrected chi connectivity index (χ0v) is 61.5. The lowest BCUT2D eigenvalue weighted by molar-refractivity contribution is -0.142. The van der Waals surface area contributed by atoms with Gasteiger partial charge in [0.15, 0.2) is 0 Å². The fourth-order valence-electron chi connectivity index (χ4n) is 11.8. The monoisotopic (exact) mass is 1530 g/mol. The lowest BCUT2D eigenvalue weighted by Gasteiger charge is -2.28. The largest absolute Gasteiger partial charge is 0.480 e. The van der Waals surface area contributed by atoms with Gasteiger partial charge in [0.2, 0.25) is 82.7 Å². The summed E-state index contributed by atoms with van der Waals surface area (Å²) >= 11 is 0. The minimum atomic E-state index is -2.04. The quantitative estimate of drug-likeness (QED) is 0.0159. The summed E-state index contributed by atoms with van der Waals surface area (Å²) in [7, 11) is 0. The molecule has 38 nitrogen and oxygen atoms in total. The molecule has 38 heteroatoms. The molecule has 3 aromatic carbocycles. The number of benzene rings is 3. The Balaban J connectivity index is 1.09. The van der Waals surface area contributed by atoms with Crippen molar-refractivity contribution in [1.29, 1.82) is 0 Å². The molecule has 27 N–H and O–H groups in total. The molecule has 0 bridgehead atoms. The number of primary amides is 2. The van der Waals surface area contributed by atoms with E-state index >= 15 is 0 Å². The molecule has 0 unspecified atom stereocenters. The molecule has 0 radical (unpaired) electrons. The summed E-state index contributed by atoms with van der Waals surface area (Å²) in [6.07, 6.45) is -0.310. The fourth-order valence-corrected chi connectivity index (χ4v) is 11.8. The maximum Gasteiger partial charge on any atom is 0.326 e. The second-order valence-corrected chi connectivity index (χ2v) is 27.2. The molecule has 110 heavy (non-hydrogen) atoms. The number of carboxylic acids is 1. The highest BCUT2D eigenvalue weighted by atomic mass is 16.4. The van der Waals surface area contributed by atoms with Gasteiger partial charge in [-0.3, -0.25) is 67.1 Å². The van der Waals surface area contributed by atoms with Gasteiger partial charge in [-0.05, 0) is 107 Å². The third kappa shape index (κ3) is 25.7. The molecule has 596 valence electrons. The normalized spacial score (nSPS) is 15.2. The molecule has 0 saturated carbocycles. The Morgan fingerprint density at radius 3 is 1.24 bits per heavy atom. The van der Waals surface area contributed by atoms with Crippen molar-refractivity contribution in [3.05, 3.63) is 108 Å². The molecule has 0 aliphatic carbocycles. The van der Waals surface area contributed by atoms with Crippen LogP contribution in [0, 0.1) is 5.92 Å². The lowest BCUT2D eigenvalue weighted by Crippen LogP contribution is -2.62. The van der Waals surface area contributed by atoms with E-state index in [4.69, 9.17) is 22.9 Å². The number of amides is 14. The number of carboxylic acid groups (broad SMARTS) is 1. The van der Waals surface area contributed by atoms with E-state index in [0.717, 1.165) is 24.8 Å². The van der Waals surface area contributed by atoms with Gasteiger partial charge in [0.25, 0.3) is 0 Å². The predicted molar refractivity (Wildman–Crippen MR) is 398 cm³/mol. The number of unbranched alkanes of at least 4 members (excludes halogenated alkanes) is 1. The number of para-hydroxylation sites is 3. The number of hydrogen-bond donors (Lipinski definition) is 23. The number of aliphatic hydroxyl groups excluding tert-OH is 3. The smallest absolute Gasteiger partial charge is 0.326 e. The highest BCUT2D eigenvalue weighted by Gasteiger charge is 2.38. The summed E-state index contributed by atoms with van der Waals surface area (Å²) in [5.74, 6) is -16.7. The summed E-state index contributed by atoms with van der Waals surface area (Å²) in [4.78, 5) is 212. The lowest BCUT2D eigenvalue weighted by atomic mass is 10.0. The number of rotatable bonds is 44. The van der Waals surface area contributed by atoms with Crippen molar-refractivity contribution in [3.63, 3.8) is 0 Å². The molecule has 6 aromatic rings. The van der Waals surface area contributed by atoms with Gasteiger partial charge in [-0.2, -0.15) is 0 Å². The SMILES string of the molecule is CC(C)C[C@@H](NC(=O)[C@@H](C)NC(=O)[C@@H](Cc1c[nH]c2ccccc12)NC(=O)[C@H](NC(=O)[C@@H](C)NC(=O)CNC(=O)[C@@H](CC(N)=O)NC(=O)[C@@H](CO)NC(=O)[C@@H](CC(N)=O)NC(=O)[C@H](CCCCN)NC(=O)[C@H](Cc1c[nH]c2ccccc12)NC(=O)[C@@H](NC(=O)[C@@H](N)Cc1c[nH]c2ccccc12)[C@@H](C)O)[C@H](C)O)C(=O)O. The number of nitrogens with two attached hydrogens (primary N) is 4. The van der Waals surface area contributed by atoms with Crippen molar-refractivity contribution < 1.29 is 92.3 Å². The van der Waals surface area contributed by atoms with Crippen LogP contribution in [0.25, 0.3) is 32.7 Å². The summed E-state index contributed by atoms with van der Waals surface area (Å²) in [5, 5.41) is 72.3. The number of carbonyl (C=O) groups is 15. The van der Waals surface area contributed by atoms with Crippen LogP contribution in [0.5, 0.6) is 0 Å². The van der Waals surface area contributed by atoms with Crippen LogP contribution in [0.4, 0.5) is 0 Å². The van der Waals surface area contributed by atoms with E-state index in [1.165, 1.54) is 13.8 Å². The van der Waals surface area contributed by atoms with Gasteiger partial charge in [-0.15, -0.1) is 0 Å². The van der Waals surface area contributed by atoms with E-state index in [9.17, 15) is 92.3 Å². The molecule has 6 rings (SSSR count). The van der Waals surface area contributed by atoms with Gasteiger partial charge in [-0.25, -0.2) is 4.79 Å². The molecule has 0 aliphatic rings. The Kier molecular flexibility index (Phi) is 32.8. The number of hydrogen-bond acceptors (Lipinski definition) is 20. The maximum atomic E-state index is 14.7. The fraction of sp³-hybridized carbons (Fsp3) is 0.458. The topological polar surface area (TPSA) is 633 Å². The van der Waals surface area contributed by atoms with E-state index in [1.807, 2.05) is 24.3 Å². The first-order chi connectivity index (χ1) is 52.1. The van der Waals surface area contributed by atoms with E-state index in [0.29, 0.717) is 44.9 Å². The molecule has 0 saturated heterocycles. The summed E-state index contributed by atoms with van der Waals surface area (Å²) in [5.41, 5.74) is 26.9. The zero-order valence-electron chi connectivity index (χ0n) is 61.5. The number of aromatic nitrogens is 3. The molecule has 0 spiro atoms. The summed E-state index contributed by atoms with van der Waals surface area (Å²) in [6.45, 7) is 6.25. The molecular weight excluding hydrogens is 1430 g/mol. The molecule has 0 fully saturated rings. The zero-order chi connectivity index (χ0) is 81.2. The Labute approximate surface area is 630 Å². The van der Waals surface area contributed by atoms with E-state index in [1.54, 1.807) is 81.0 Å². The van der Waals surface area contributed by atoms with Crippen LogP contribution in [0.1, 0.15) is 96.8 Å². The average Bonchev–Trinajstić information content (AvgIpc) is 1.67. The molecule has 14 amide bonds. The van der Waals surface area contributed by atoms with Crippen molar-refractivity contribution >= 4 is 121 Å². The van der Waals surface area contributed by atoms with Gasteiger partial charge >= 0.3 is 5.97 Å². The first-order valence-corrected chi connectivity index (χ1v) is 35.6. The van der Waals surface area contributed by atoms with Gasteiger partial charge in [-0.1, -0.05) is 68.4 Å². The first kappa shape index (κ1) is 87.0. The Bertz CT molecular complexity index is 4290. The van der Waals surface area contributed by atoms with Crippen LogP contribution in [0.15, 0.2) is 91.4 Å². The Morgan fingerprint density at radius 2 is 0.791 bits per heavy atom. The summed E-state index contributed by atoms with van der Waals surface area (Å²) in [6, 6.07) is 1.88. The minimum Gasteiger partial charge on any atom is -0.480 e. The second kappa shape index (κ2) is 41.5. The molecule has 14 atom stereocenters. The predicted octanol–water partition coefficient (Wildman–Crippen LogP) is -5.26. The van der Waals surface area contributed by atoms with Crippen LogP contribution in [0.3, 0.4) is 0 Å². The van der Waals surface area contributed by atoms with Gasteiger partial charge < -0.3 is 122 Å². The summed E-state index contributed by atoms with van der Waals surface area (Å²) < 4.78 is 0.